The lowest BCUT2D eigenvalue weighted by atomic mass is 10.0. The number of carbonyl (C=O) groups excluding carboxylic acids is 4. The fourth-order valence-corrected chi connectivity index (χ4v) is 13.1. The molecule has 0 heterocycles. The lowest BCUT2D eigenvalue weighted by Crippen LogP contribution is -2.30. The summed E-state index contributed by atoms with van der Waals surface area (Å²) in [4.78, 5) is 72.8. The average molecular weight is 1380 g/mol. The molecule has 0 aromatic carbocycles. The molecular formula is C75H146O17P2. The average Bonchev–Trinajstić information content (AvgIpc) is 1.57. The van der Waals surface area contributed by atoms with Crippen molar-refractivity contribution in [1.82, 2.24) is 0 Å². The Morgan fingerprint density at radius 1 is 0.287 bits per heavy atom. The van der Waals surface area contributed by atoms with Crippen molar-refractivity contribution < 1.29 is 80.2 Å². The summed E-state index contributed by atoms with van der Waals surface area (Å²) in [5.74, 6) is -0.593. The van der Waals surface area contributed by atoms with Gasteiger partial charge in [-0.05, 0) is 37.5 Å². The van der Waals surface area contributed by atoms with Gasteiger partial charge in [-0.15, -0.1) is 0 Å². The summed E-state index contributed by atoms with van der Waals surface area (Å²) in [6.07, 6.45) is 53.9. The minimum atomic E-state index is -4.96. The van der Waals surface area contributed by atoms with Crippen LogP contribution in [0.4, 0.5) is 0 Å². The Labute approximate surface area is 575 Å². The zero-order valence-corrected chi connectivity index (χ0v) is 63.1. The first-order valence-electron chi connectivity index (χ1n) is 39.0. The first-order chi connectivity index (χ1) is 45.4. The SMILES string of the molecule is CCCCCCCCCCCCCCCCC(=O)OC[C@H](COP(=O)(O)OC[C@@H](O)COP(=O)(O)OC[C@@H](COC(=O)CCCCCCCCCCCC(C)C)OC(=O)CCCCCCCCCCCCCCC)OC(=O)CCCCCCCCCCCCCCC(C)C. The molecule has 0 aliphatic heterocycles. The van der Waals surface area contributed by atoms with Gasteiger partial charge < -0.3 is 33.8 Å². The predicted molar refractivity (Wildman–Crippen MR) is 381 cm³/mol. The van der Waals surface area contributed by atoms with Gasteiger partial charge in [0.15, 0.2) is 12.2 Å². The van der Waals surface area contributed by atoms with E-state index in [0.29, 0.717) is 25.7 Å². The molecule has 0 amide bonds. The normalized spacial score (nSPS) is 14.0. The zero-order valence-electron chi connectivity index (χ0n) is 61.3. The van der Waals surface area contributed by atoms with Gasteiger partial charge in [-0.25, -0.2) is 9.13 Å². The van der Waals surface area contributed by atoms with Crippen LogP contribution in [-0.4, -0.2) is 96.7 Å². The lowest BCUT2D eigenvalue weighted by Gasteiger charge is -2.21. The molecule has 19 heteroatoms. The fourth-order valence-electron chi connectivity index (χ4n) is 11.5. The van der Waals surface area contributed by atoms with Crippen molar-refractivity contribution in [2.24, 2.45) is 11.8 Å². The molecule has 0 fully saturated rings. The third-order valence-electron chi connectivity index (χ3n) is 17.5. The van der Waals surface area contributed by atoms with Gasteiger partial charge in [0.05, 0.1) is 26.4 Å². The van der Waals surface area contributed by atoms with Crippen LogP contribution in [0, 0.1) is 11.8 Å². The van der Waals surface area contributed by atoms with Crippen LogP contribution in [0.25, 0.3) is 0 Å². The molecule has 0 aliphatic carbocycles. The van der Waals surface area contributed by atoms with Crippen LogP contribution in [0.15, 0.2) is 0 Å². The second-order valence-corrected chi connectivity index (χ2v) is 30.9. The number of aliphatic hydroxyl groups excluding tert-OH is 1. The summed E-state index contributed by atoms with van der Waals surface area (Å²) in [7, 11) is -9.91. The Morgan fingerprint density at radius 2 is 0.489 bits per heavy atom. The number of phosphoric acid groups is 2. The van der Waals surface area contributed by atoms with Crippen molar-refractivity contribution in [2.75, 3.05) is 39.6 Å². The molecule has 0 aromatic rings. The van der Waals surface area contributed by atoms with Crippen molar-refractivity contribution in [1.29, 1.82) is 0 Å². The van der Waals surface area contributed by atoms with Gasteiger partial charge in [0, 0.05) is 25.7 Å². The highest BCUT2D eigenvalue weighted by atomic mass is 31.2. The standard InChI is InChI=1S/C75H146O17P2/c1-7-9-11-13-15-17-19-21-23-27-33-39-45-51-57-72(77)85-63-70(91-75(80)60-54-48-42-35-29-25-24-26-31-37-43-49-55-67(3)4)65-89-93(81,82)87-61-69(76)62-88-94(83,84)90-66-71(64-86-73(78)58-52-46-40-36-30-32-38-44-50-56-68(5)6)92-74(79)59-53-47-41-34-28-22-20-18-16-14-12-10-8-2/h67-71,76H,7-66H2,1-6H3,(H,81,82)(H,83,84)/t69-,70-,71-/m1/s1. The van der Waals surface area contributed by atoms with Gasteiger partial charge >= 0.3 is 39.5 Å². The Kier molecular flexibility index (Phi) is 65.5. The predicted octanol–water partition coefficient (Wildman–Crippen LogP) is 21.9. The van der Waals surface area contributed by atoms with Gasteiger partial charge in [0.1, 0.15) is 19.3 Å². The van der Waals surface area contributed by atoms with Crippen LogP contribution in [0.5, 0.6) is 0 Å². The van der Waals surface area contributed by atoms with Gasteiger partial charge in [0.25, 0.3) is 0 Å². The highest BCUT2D eigenvalue weighted by molar-refractivity contribution is 7.47. The number of aliphatic hydroxyl groups is 1. The highest BCUT2D eigenvalue weighted by Gasteiger charge is 2.30. The summed E-state index contributed by atoms with van der Waals surface area (Å²) in [6, 6.07) is 0. The number of hydrogen-bond donors (Lipinski definition) is 3. The summed E-state index contributed by atoms with van der Waals surface area (Å²) in [5, 5.41) is 10.6. The number of phosphoric ester groups is 2. The molecule has 0 spiro atoms. The van der Waals surface area contributed by atoms with Crippen molar-refractivity contribution in [3.63, 3.8) is 0 Å². The molecule has 558 valence electrons. The molecule has 17 nitrogen and oxygen atoms in total. The molecule has 94 heavy (non-hydrogen) atoms. The van der Waals surface area contributed by atoms with E-state index in [1.165, 1.54) is 205 Å². The number of hydrogen-bond acceptors (Lipinski definition) is 15. The molecule has 0 saturated carbocycles. The van der Waals surface area contributed by atoms with Crippen LogP contribution in [0.1, 0.15) is 388 Å². The van der Waals surface area contributed by atoms with E-state index in [1.807, 2.05) is 0 Å². The fraction of sp³-hybridized carbons (Fsp3) is 0.947. The third-order valence-corrected chi connectivity index (χ3v) is 19.4. The van der Waals surface area contributed by atoms with Crippen molar-refractivity contribution in [2.45, 2.75) is 407 Å². The number of esters is 4. The molecule has 5 atom stereocenters. The third kappa shape index (κ3) is 68.6. The summed E-state index contributed by atoms with van der Waals surface area (Å²) >= 11 is 0. The zero-order chi connectivity index (χ0) is 69.3. The van der Waals surface area contributed by atoms with Crippen molar-refractivity contribution in [3.05, 3.63) is 0 Å². The minimum absolute atomic E-state index is 0.107. The first kappa shape index (κ1) is 92.1. The first-order valence-corrected chi connectivity index (χ1v) is 42.0. The van der Waals surface area contributed by atoms with Crippen LogP contribution in [0.3, 0.4) is 0 Å². The van der Waals surface area contributed by atoms with Crippen molar-refractivity contribution >= 4 is 39.5 Å². The molecule has 0 rings (SSSR count). The molecule has 0 saturated heterocycles. The smallest absolute Gasteiger partial charge is 0.462 e. The summed E-state index contributed by atoms with van der Waals surface area (Å²) in [5.41, 5.74) is 0. The van der Waals surface area contributed by atoms with E-state index in [0.717, 1.165) is 102 Å². The molecule has 0 bridgehead atoms. The molecule has 0 radical (unpaired) electrons. The van der Waals surface area contributed by atoms with Crippen molar-refractivity contribution in [3.8, 4) is 0 Å². The maximum Gasteiger partial charge on any atom is 0.472 e. The topological polar surface area (TPSA) is 237 Å². The molecule has 3 N–H and O–H groups in total. The Balaban J connectivity index is 5.27. The Bertz CT molecular complexity index is 1820. The Morgan fingerprint density at radius 3 is 0.723 bits per heavy atom. The lowest BCUT2D eigenvalue weighted by molar-refractivity contribution is -0.161. The van der Waals surface area contributed by atoms with E-state index in [-0.39, 0.29) is 25.7 Å². The van der Waals surface area contributed by atoms with Crippen LogP contribution in [0.2, 0.25) is 0 Å². The molecule has 0 aromatic heterocycles. The van der Waals surface area contributed by atoms with Gasteiger partial charge in [0.2, 0.25) is 0 Å². The van der Waals surface area contributed by atoms with Gasteiger partial charge in [-0.1, -0.05) is 337 Å². The van der Waals surface area contributed by atoms with Crippen LogP contribution >= 0.6 is 15.6 Å². The number of rotatable bonds is 74. The minimum Gasteiger partial charge on any atom is -0.462 e. The summed E-state index contributed by atoms with van der Waals surface area (Å²) in [6.45, 7) is 9.59. The van der Waals surface area contributed by atoms with Crippen LogP contribution in [-0.2, 0) is 65.4 Å². The highest BCUT2D eigenvalue weighted by Crippen LogP contribution is 2.45. The van der Waals surface area contributed by atoms with E-state index in [9.17, 15) is 43.2 Å². The maximum absolute atomic E-state index is 13.1. The van der Waals surface area contributed by atoms with Gasteiger partial charge in [-0.3, -0.25) is 37.3 Å². The second-order valence-electron chi connectivity index (χ2n) is 28.0. The maximum atomic E-state index is 13.1. The number of unbranched alkanes of at least 4 members (excludes halogenated alkanes) is 44. The monoisotopic (exact) mass is 1380 g/mol. The van der Waals surface area contributed by atoms with E-state index in [1.54, 1.807) is 0 Å². The van der Waals surface area contributed by atoms with E-state index < -0.39 is 97.5 Å². The largest absolute Gasteiger partial charge is 0.472 e. The van der Waals surface area contributed by atoms with Crippen LogP contribution < -0.4 is 0 Å². The molecule has 0 aliphatic rings. The molecular weight excluding hydrogens is 1230 g/mol. The van der Waals surface area contributed by atoms with E-state index >= 15 is 0 Å². The van der Waals surface area contributed by atoms with E-state index in [2.05, 4.69) is 41.5 Å². The number of ether oxygens (including phenoxy) is 4. The Hall–Kier alpha value is -1.94. The summed E-state index contributed by atoms with van der Waals surface area (Å²) < 4.78 is 68.5. The number of carbonyl (C=O) groups is 4. The quantitative estimate of drug-likeness (QED) is 0.0222. The van der Waals surface area contributed by atoms with Gasteiger partial charge in [-0.2, -0.15) is 0 Å². The molecule has 2 unspecified atom stereocenters. The second kappa shape index (κ2) is 66.9. The van der Waals surface area contributed by atoms with E-state index in [4.69, 9.17) is 37.0 Å².